The third-order valence-corrected chi connectivity index (χ3v) is 3.27. The maximum atomic E-state index is 13.5. The van der Waals surface area contributed by atoms with Crippen molar-refractivity contribution in [2.45, 2.75) is 0 Å². The van der Waals surface area contributed by atoms with E-state index in [9.17, 15) is 18.4 Å². The van der Waals surface area contributed by atoms with Gasteiger partial charge < -0.3 is 9.47 Å². The Balaban J connectivity index is 1.66. The van der Waals surface area contributed by atoms with Gasteiger partial charge in [-0.15, -0.1) is 0 Å². The van der Waals surface area contributed by atoms with Crippen LogP contribution < -0.4 is 20.3 Å². The molecule has 24 heavy (non-hydrogen) atoms. The molecule has 0 saturated heterocycles. The van der Waals surface area contributed by atoms with Gasteiger partial charge in [0.15, 0.2) is 11.5 Å². The number of benzene rings is 2. The highest BCUT2D eigenvalue weighted by molar-refractivity contribution is 5.99. The fourth-order valence-corrected chi connectivity index (χ4v) is 2.11. The van der Waals surface area contributed by atoms with Crippen molar-refractivity contribution < 1.29 is 27.8 Å². The molecule has 3 rings (SSSR count). The molecule has 0 bridgehead atoms. The summed E-state index contributed by atoms with van der Waals surface area (Å²) in [5, 5.41) is 0. The van der Waals surface area contributed by atoms with Gasteiger partial charge in [-0.3, -0.25) is 20.4 Å². The first-order valence-electron chi connectivity index (χ1n) is 7.00. The number of amides is 2. The summed E-state index contributed by atoms with van der Waals surface area (Å²) in [6.45, 7) is 0.802. The standard InChI is InChI=1S/C16H12F2N2O4/c17-10-2-3-11(12(18)8-10)16(22)20-19-15(21)9-1-4-13-14(7-9)24-6-5-23-13/h1-4,7-8H,5-6H2,(H,19,21)(H,20,22). The van der Waals surface area contributed by atoms with Crippen molar-refractivity contribution in [2.75, 3.05) is 13.2 Å². The Labute approximate surface area is 135 Å². The third kappa shape index (κ3) is 3.27. The Bertz CT molecular complexity index is 811. The van der Waals surface area contributed by atoms with Crippen molar-refractivity contribution in [3.05, 3.63) is 59.2 Å². The molecule has 6 nitrogen and oxygen atoms in total. The topological polar surface area (TPSA) is 76.7 Å². The van der Waals surface area contributed by atoms with E-state index in [1.54, 1.807) is 6.07 Å². The van der Waals surface area contributed by atoms with Crippen LogP contribution in [0.15, 0.2) is 36.4 Å². The van der Waals surface area contributed by atoms with Crippen LogP contribution in [0.3, 0.4) is 0 Å². The molecule has 1 heterocycles. The zero-order valence-electron chi connectivity index (χ0n) is 12.3. The molecule has 0 radical (unpaired) electrons. The number of hydrogen-bond acceptors (Lipinski definition) is 4. The summed E-state index contributed by atoms with van der Waals surface area (Å²) in [5.41, 5.74) is 4.05. The molecule has 1 aliphatic rings. The van der Waals surface area contributed by atoms with Gasteiger partial charge in [-0.2, -0.15) is 0 Å². The molecule has 0 spiro atoms. The van der Waals surface area contributed by atoms with Gasteiger partial charge in [0.25, 0.3) is 11.8 Å². The predicted molar refractivity (Wildman–Crippen MR) is 78.7 cm³/mol. The summed E-state index contributed by atoms with van der Waals surface area (Å²) in [7, 11) is 0. The first kappa shape index (κ1) is 15.7. The number of fused-ring (bicyclic) bond motifs is 1. The molecule has 8 heteroatoms. The highest BCUT2D eigenvalue weighted by Gasteiger charge is 2.17. The molecular formula is C16H12F2N2O4. The minimum Gasteiger partial charge on any atom is -0.486 e. The molecule has 1 aliphatic heterocycles. The second kappa shape index (κ2) is 6.53. The fourth-order valence-electron chi connectivity index (χ4n) is 2.11. The highest BCUT2D eigenvalue weighted by Crippen LogP contribution is 2.30. The number of hydrogen-bond donors (Lipinski definition) is 2. The number of rotatable bonds is 2. The molecule has 2 amide bonds. The predicted octanol–water partition coefficient (Wildman–Crippen LogP) is 1.81. The number of ether oxygens (including phenoxy) is 2. The average molecular weight is 334 g/mol. The van der Waals surface area contributed by atoms with E-state index in [1.807, 2.05) is 0 Å². The molecule has 124 valence electrons. The number of nitrogens with one attached hydrogen (secondary N) is 2. The molecule has 0 saturated carbocycles. The number of halogens is 2. The van der Waals surface area contributed by atoms with Gasteiger partial charge in [-0.25, -0.2) is 8.78 Å². The first-order chi connectivity index (χ1) is 11.5. The van der Waals surface area contributed by atoms with Crippen LogP contribution in [0.4, 0.5) is 8.78 Å². The van der Waals surface area contributed by atoms with E-state index in [-0.39, 0.29) is 11.1 Å². The van der Waals surface area contributed by atoms with Crippen molar-refractivity contribution in [3.8, 4) is 11.5 Å². The lowest BCUT2D eigenvalue weighted by Crippen LogP contribution is -2.42. The summed E-state index contributed by atoms with van der Waals surface area (Å²) < 4.78 is 37.0. The fraction of sp³-hybridized carbons (Fsp3) is 0.125. The minimum atomic E-state index is -1.03. The number of hydrazine groups is 1. The largest absolute Gasteiger partial charge is 0.486 e. The quantitative estimate of drug-likeness (QED) is 0.821. The summed E-state index contributed by atoms with van der Waals surface area (Å²) in [6.07, 6.45) is 0. The lowest BCUT2D eigenvalue weighted by atomic mass is 10.2. The van der Waals surface area contributed by atoms with Crippen molar-refractivity contribution >= 4 is 11.8 Å². The van der Waals surface area contributed by atoms with E-state index >= 15 is 0 Å². The monoisotopic (exact) mass is 334 g/mol. The summed E-state index contributed by atoms with van der Waals surface area (Å²) >= 11 is 0. The normalized spacial score (nSPS) is 12.4. The smallest absolute Gasteiger partial charge is 0.272 e. The van der Waals surface area contributed by atoms with Crippen molar-refractivity contribution in [3.63, 3.8) is 0 Å². The number of carbonyl (C=O) groups is 2. The van der Waals surface area contributed by atoms with Gasteiger partial charge in [-0.05, 0) is 30.3 Å². The summed E-state index contributed by atoms with van der Waals surface area (Å²) in [4.78, 5) is 23.8. The Morgan fingerprint density at radius 1 is 0.875 bits per heavy atom. The number of carbonyl (C=O) groups excluding carboxylic acids is 2. The van der Waals surface area contributed by atoms with Crippen LogP contribution >= 0.6 is 0 Å². The maximum absolute atomic E-state index is 13.5. The molecule has 0 fully saturated rings. The van der Waals surface area contributed by atoms with Gasteiger partial charge >= 0.3 is 0 Å². The molecule has 0 unspecified atom stereocenters. The Hall–Kier alpha value is -3.16. The zero-order valence-corrected chi connectivity index (χ0v) is 12.3. The van der Waals surface area contributed by atoms with E-state index in [0.29, 0.717) is 30.8 Å². The average Bonchev–Trinajstić information content (AvgIpc) is 2.59. The van der Waals surface area contributed by atoms with Gasteiger partial charge in [0.1, 0.15) is 24.8 Å². The van der Waals surface area contributed by atoms with E-state index in [2.05, 4.69) is 10.9 Å². The van der Waals surface area contributed by atoms with E-state index in [0.717, 1.165) is 12.1 Å². The van der Waals surface area contributed by atoms with Gasteiger partial charge in [0.2, 0.25) is 0 Å². The minimum absolute atomic E-state index is 0.221. The van der Waals surface area contributed by atoms with Crippen LogP contribution in [-0.2, 0) is 0 Å². The van der Waals surface area contributed by atoms with Crippen LogP contribution in [0.1, 0.15) is 20.7 Å². The van der Waals surface area contributed by atoms with E-state index < -0.39 is 23.4 Å². The van der Waals surface area contributed by atoms with Crippen LogP contribution in [0.5, 0.6) is 11.5 Å². The zero-order chi connectivity index (χ0) is 17.1. The lowest BCUT2D eigenvalue weighted by Gasteiger charge is -2.18. The summed E-state index contributed by atoms with van der Waals surface area (Å²) in [6, 6.07) is 7.04. The second-order valence-electron chi connectivity index (χ2n) is 4.89. The first-order valence-corrected chi connectivity index (χ1v) is 7.00. The molecule has 0 aliphatic carbocycles. The van der Waals surface area contributed by atoms with E-state index in [4.69, 9.17) is 9.47 Å². The molecule has 2 aromatic rings. The molecule has 2 N–H and O–H groups in total. The van der Waals surface area contributed by atoms with Gasteiger partial charge in [-0.1, -0.05) is 0 Å². The molecule has 2 aromatic carbocycles. The van der Waals surface area contributed by atoms with Crippen LogP contribution in [0.2, 0.25) is 0 Å². The van der Waals surface area contributed by atoms with Crippen LogP contribution in [-0.4, -0.2) is 25.0 Å². The molecule has 0 atom stereocenters. The SMILES string of the molecule is O=C(NNC(=O)c1ccc(F)cc1F)c1ccc2c(c1)OCCO2. The molecule has 0 aromatic heterocycles. The van der Waals surface area contributed by atoms with Crippen molar-refractivity contribution in [1.29, 1.82) is 0 Å². The van der Waals surface area contributed by atoms with Crippen molar-refractivity contribution in [2.24, 2.45) is 0 Å². The van der Waals surface area contributed by atoms with Crippen LogP contribution in [0, 0.1) is 11.6 Å². The summed E-state index contributed by atoms with van der Waals surface area (Å²) in [5.74, 6) is -2.41. The third-order valence-electron chi connectivity index (χ3n) is 3.27. The molecular weight excluding hydrogens is 322 g/mol. The van der Waals surface area contributed by atoms with E-state index in [1.165, 1.54) is 12.1 Å². The van der Waals surface area contributed by atoms with Crippen molar-refractivity contribution in [1.82, 2.24) is 10.9 Å². The van der Waals surface area contributed by atoms with Gasteiger partial charge in [0.05, 0.1) is 5.56 Å². The Morgan fingerprint density at radius 3 is 2.33 bits per heavy atom. The van der Waals surface area contributed by atoms with Crippen LogP contribution in [0.25, 0.3) is 0 Å². The maximum Gasteiger partial charge on any atom is 0.272 e. The second-order valence-corrected chi connectivity index (χ2v) is 4.89. The Kier molecular flexibility index (Phi) is 4.28. The Morgan fingerprint density at radius 2 is 1.58 bits per heavy atom. The van der Waals surface area contributed by atoms with Gasteiger partial charge in [0, 0.05) is 11.6 Å². The lowest BCUT2D eigenvalue weighted by molar-refractivity contribution is 0.0843. The highest BCUT2D eigenvalue weighted by atomic mass is 19.1.